The van der Waals surface area contributed by atoms with Gasteiger partial charge in [-0.3, -0.25) is 4.79 Å². The number of aryl methyl sites for hydroxylation is 1. The lowest BCUT2D eigenvalue weighted by atomic mass is 10.0. The average Bonchev–Trinajstić information content (AvgIpc) is 2.42. The van der Waals surface area contributed by atoms with Crippen molar-refractivity contribution in [3.8, 4) is 5.75 Å². The van der Waals surface area contributed by atoms with Gasteiger partial charge in [-0.1, -0.05) is 19.9 Å². The third-order valence-corrected chi connectivity index (χ3v) is 3.69. The average molecular weight is 364 g/mol. The number of carbonyl (C=O) groups excluding carboxylic acids is 1. The largest absolute Gasteiger partial charge is 0.425 e. The lowest BCUT2D eigenvalue weighted by molar-refractivity contribution is -0.135. The second-order valence-corrected chi connectivity index (χ2v) is 6.44. The molecule has 5 heteroatoms. The Hall–Kier alpha value is -1.88. The fraction of sp³-hybridized carbons (Fsp3) is 0.294. The summed E-state index contributed by atoms with van der Waals surface area (Å²) in [6.45, 7) is 6.01. The van der Waals surface area contributed by atoms with Crippen molar-refractivity contribution in [2.24, 2.45) is 0 Å². The predicted molar refractivity (Wildman–Crippen MR) is 89.3 cm³/mol. The van der Waals surface area contributed by atoms with E-state index in [9.17, 15) is 9.59 Å². The van der Waals surface area contributed by atoms with Gasteiger partial charge in [0.25, 0.3) is 5.56 Å². The number of carbonyl (C=O) groups is 1. The van der Waals surface area contributed by atoms with Gasteiger partial charge in [-0.05, 0) is 58.1 Å². The molecule has 0 saturated carbocycles. The first-order valence-corrected chi connectivity index (χ1v) is 7.82. The number of benzene rings is 1. The molecule has 2 rings (SSSR count). The van der Waals surface area contributed by atoms with Crippen LogP contribution in [-0.4, -0.2) is 10.5 Å². The number of nitrogens with zero attached hydrogens (tertiary/aromatic N) is 1. The molecule has 0 N–H and O–H groups in total. The maximum atomic E-state index is 12.0. The molecular weight excluding hydrogens is 346 g/mol. The summed E-state index contributed by atoms with van der Waals surface area (Å²) >= 11 is 3.28. The lowest BCUT2D eigenvalue weighted by Gasteiger charge is -2.11. The normalized spacial score (nSPS) is 10.8. The number of aromatic nitrogens is 1. The van der Waals surface area contributed by atoms with E-state index in [1.54, 1.807) is 12.3 Å². The van der Waals surface area contributed by atoms with Gasteiger partial charge >= 0.3 is 5.97 Å². The molecule has 0 amide bonds. The van der Waals surface area contributed by atoms with E-state index in [1.807, 2.05) is 19.1 Å². The molecule has 0 aliphatic carbocycles. The van der Waals surface area contributed by atoms with E-state index in [4.69, 9.17) is 4.74 Å². The van der Waals surface area contributed by atoms with Gasteiger partial charge in [0.1, 0.15) is 12.3 Å². The van der Waals surface area contributed by atoms with Crippen LogP contribution in [-0.2, 0) is 11.3 Å². The molecule has 22 heavy (non-hydrogen) atoms. The van der Waals surface area contributed by atoms with Crippen LogP contribution in [0.25, 0.3) is 0 Å². The Morgan fingerprint density at radius 2 is 2.00 bits per heavy atom. The lowest BCUT2D eigenvalue weighted by Crippen LogP contribution is -2.25. The minimum absolute atomic E-state index is 0.122. The number of hydrogen-bond acceptors (Lipinski definition) is 3. The zero-order valence-corrected chi connectivity index (χ0v) is 14.4. The van der Waals surface area contributed by atoms with Crippen LogP contribution in [0.1, 0.15) is 30.9 Å². The van der Waals surface area contributed by atoms with Crippen molar-refractivity contribution in [1.29, 1.82) is 0 Å². The Bertz CT molecular complexity index is 750. The quantitative estimate of drug-likeness (QED) is 0.615. The van der Waals surface area contributed by atoms with E-state index in [0.29, 0.717) is 11.7 Å². The summed E-state index contributed by atoms with van der Waals surface area (Å²) in [4.78, 5) is 23.7. The van der Waals surface area contributed by atoms with Crippen LogP contribution < -0.4 is 10.3 Å². The first-order valence-electron chi connectivity index (χ1n) is 7.03. The van der Waals surface area contributed by atoms with Crippen molar-refractivity contribution in [2.45, 2.75) is 33.2 Å². The van der Waals surface area contributed by atoms with E-state index < -0.39 is 5.97 Å². The minimum Gasteiger partial charge on any atom is -0.425 e. The fourth-order valence-electron chi connectivity index (χ4n) is 2.10. The van der Waals surface area contributed by atoms with Gasteiger partial charge in [-0.2, -0.15) is 0 Å². The van der Waals surface area contributed by atoms with Crippen molar-refractivity contribution in [3.63, 3.8) is 0 Å². The molecule has 0 radical (unpaired) electrons. The molecule has 0 fully saturated rings. The number of rotatable bonds is 4. The van der Waals surface area contributed by atoms with E-state index in [0.717, 1.165) is 15.6 Å². The summed E-state index contributed by atoms with van der Waals surface area (Å²) in [5.41, 5.74) is 1.91. The third-order valence-electron chi connectivity index (χ3n) is 3.22. The summed E-state index contributed by atoms with van der Waals surface area (Å²) in [5, 5.41) is 0. The Morgan fingerprint density at radius 1 is 1.27 bits per heavy atom. The molecule has 0 aliphatic rings. The number of halogens is 1. The third kappa shape index (κ3) is 4.31. The molecule has 116 valence electrons. The van der Waals surface area contributed by atoms with E-state index in [1.165, 1.54) is 10.6 Å². The van der Waals surface area contributed by atoms with Crippen LogP contribution in [0, 0.1) is 6.92 Å². The fourth-order valence-corrected chi connectivity index (χ4v) is 2.48. The van der Waals surface area contributed by atoms with Crippen LogP contribution in [0.3, 0.4) is 0 Å². The molecule has 0 bridgehead atoms. The summed E-state index contributed by atoms with van der Waals surface area (Å²) in [6, 6.07) is 8.79. The van der Waals surface area contributed by atoms with Gasteiger partial charge < -0.3 is 9.30 Å². The Kier molecular flexibility index (Phi) is 5.19. The zero-order chi connectivity index (χ0) is 16.3. The van der Waals surface area contributed by atoms with Gasteiger partial charge in [0, 0.05) is 16.7 Å². The van der Waals surface area contributed by atoms with Gasteiger partial charge in [0.15, 0.2) is 0 Å². The summed E-state index contributed by atoms with van der Waals surface area (Å²) < 4.78 is 7.42. The van der Waals surface area contributed by atoms with E-state index >= 15 is 0 Å². The topological polar surface area (TPSA) is 48.3 Å². The van der Waals surface area contributed by atoms with Gasteiger partial charge in [0.05, 0.1) is 0 Å². The highest BCUT2D eigenvalue weighted by Gasteiger charge is 2.10. The second kappa shape index (κ2) is 6.92. The molecule has 2 aromatic rings. The van der Waals surface area contributed by atoms with Crippen molar-refractivity contribution in [2.75, 3.05) is 0 Å². The molecule has 1 aromatic heterocycles. The molecule has 1 aromatic carbocycles. The van der Waals surface area contributed by atoms with Crippen LogP contribution in [0.5, 0.6) is 5.75 Å². The zero-order valence-electron chi connectivity index (χ0n) is 12.8. The van der Waals surface area contributed by atoms with E-state index in [-0.39, 0.29) is 12.1 Å². The number of esters is 1. The van der Waals surface area contributed by atoms with Crippen molar-refractivity contribution in [1.82, 2.24) is 4.57 Å². The molecule has 0 spiro atoms. The van der Waals surface area contributed by atoms with Gasteiger partial charge in [-0.25, -0.2) is 4.79 Å². The molecule has 0 atom stereocenters. The predicted octanol–water partition coefficient (Wildman–Crippen LogP) is 3.65. The molecule has 0 aliphatic heterocycles. The molecule has 4 nitrogen and oxygen atoms in total. The Morgan fingerprint density at radius 3 is 2.68 bits per heavy atom. The highest BCUT2D eigenvalue weighted by atomic mass is 79.9. The first-order chi connectivity index (χ1) is 10.3. The maximum Gasteiger partial charge on any atom is 0.331 e. The molecular formula is C17H18BrNO3. The number of pyridine rings is 1. The molecule has 0 saturated heterocycles. The molecule has 0 unspecified atom stereocenters. The second-order valence-electron chi connectivity index (χ2n) is 5.52. The highest BCUT2D eigenvalue weighted by Crippen LogP contribution is 2.23. The summed E-state index contributed by atoms with van der Waals surface area (Å²) in [6.07, 6.45) is 1.57. The van der Waals surface area contributed by atoms with Gasteiger partial charge in [0.2, 0.25) is 0 Å². The van der Waals surface area contributed by atoms with E-state index in [2.05, 4.69) is 35.8 Å². The van der Waals surface area contributed by atoms with Crippen LogP contribution in [0.4, 0.5) is 0 Å². The standard InChI is InChI=1S/C17H18BrNO3/c1-11(2)13-6-12(3)7-15(8-13)22-17(21)10-19-9-14(18)4-5-16(19)20/h4-9,11H,10H2,1-3H3. The number of hydrogen-bond donors (Lipinski definition) is 0. The summed E-state index contributed by atoms with van der Waals surface area (Å²) in [7, 11) is 0. The molecule has 1 heterocycles. The first kappa shape index (κ1) is 16.5. The van der Waals surface area contributed by atoms with Crippen LogP contribution in [0.15, 0.2) is 45.8 Å². The Balaban J connectivity index is 2.15. The van der Waals surface area contributed by atoms with Crippen molar-refractivity contribution >= 4 is 21.9 Å². The highest BCUT2D eigenvalue weighted by molar-refractivity contribution is 9.10. The van der Waals surface area contributed by atoms with Crippen molar-refractivity contribution < 1.29 is 9.53 Å². The van der Waals surface area contributed by atoms with Crippen LogP contribution >= 0.6 is 15.9 Å². The smallest absolute Gasteiger partial charge is 0.331 e. The van der Waals surface area contributed by atoms with Crippen molar-refractivity contribution in [3.05, 3.63) is 62.5 Å². The van der Waals surface area contributed by atoms with Gasteiger partial charge in [-0.15, -0.1) is 0 Å². The summed E-state index contributed by atoms with van der Waals surface area (Å²) in [5.74, 6) is 0.391. The number of ether oxygens (including phenoxy) is 1. The van der Waals surface area contributed by atoms with Crippen LogP contribution in [0.2, 0.25) is 0 Å². The SMILES string of the molecule is Cc1cc(OC(=O)Cn2cc(Br)ccc2=O)cc(C(C)C)c1. The monoisotopic (exact) mass is 363 g/mol. The Labute approximate surface area is 137 Å². The minimum atomic E-state index is -0.472. The maximum absolute atomic E-state index is 12.0.